The second kappa shape index (κ2) is 13.9. The van der Waals surface area contributed by atoms with Crippen molar-refractivity contribution in [3.63, 3.8) is 0 Å². The predicted octanol–water partition coefficient (Wildman–Crippen LogP) is 1.34. The van der Waals surface area contributed by atoms with Crippen LogP contribution in [-0.4, -0.2) is 71.8 Å². The van der Waals surface area contributed by atoms with E-state index >= 15 is 0 Å². The van der Waals surface area contributed by atoms with E-state index in [4.69, 9.17) is 9.47 Å². The zero-order valence-electron chi connectivity index (χ0n) is 20.8. The third kappa shape index (κ3) is 10.0. The van der Waals surface area contributed by atoms with Crippen LogP contribution >= 0.6 is 0 Å². The number of hydrogen-bond donors (Lipinski definition) is 3. The fourth-order valence-electron chi connectivity index (χ4n) is 3.05. The molecule has 3 N–H and O–H groups in total. The van der Waals surface area contributed by atoms with E-state index in [0.717, 1.165) is 10.5 Å². The summed E-state index contributed by atoms with van der Waals surface area (Å²) < 4.78 is 9.99. The average Bonchev–Trinajstić information content (AvgIpc) is 2.77. The zero-order valence-corrected chi connectivity index (χ0v) is 20.8. The second-order valence-electron chi connectivity index (χ2n) is 8.66. The van der Waals surface area contributed by atoms with E-state index < -0.39 is 54.7 Å². The van der Waals surface area contributed by atoms with Crippen LogP contribution in [0.1, 0.15) is 51.3 Å². The summed E-state index contributed by atoms with van der Waals surface area (Å²) in [6.45, 7) is 7.29. The summed E-state index contributed by atoms with van der Waals surface area (Å²) in [5, 5.41) is 24.1. The van der Waals surface area contributed by atoms with Gasteiger partial charge in [-0.15, -0.1) is 0 Å². The van der Waals surface area contributed by atoms with Crippen molar-refractivity contribution < 1.29 is 33.8 Å². The van der Waals surface area contributed by atoms with Crippen LogP contribution < -0.4 is 10.6 Å². The molecule has 1 aromatic carbocycles. The zero-order chi connectivity index (χ0) is 26.6. The lowest BCUT2D eigenvalue weighted by molar-refractivity contribution is -0.144. The van der Waals surface area contributed by atoms with Crippen molar-refractivity contribution in [2.45, 2.75) is 58.7 Å². The number of nitrogens with zero attached hydrogens (tertiary/aromatic N) is 2. The van der Waals surface area contributed by atoms with Crippen LogP contribution in [0.3, 0.4) is 0 Å². The Hall–Kier alpha value is -3.65. The molecule has 2 atom stereocenters. The Kier molecular flexibility index (Phi) is 11.7. The number of aryl methyl sites for hydroxylation is 1. The number of carbonyl (C=O) groups excluding carboxylic acids is 4. The average molecular weight is 491 g/mol. The van der Waals surface area contributed by atoms with Gasteiger partial charge in [-0.1, -0.05) is 29.8 Å². The molecule has 0 saturated carbocycles. The van der Waals surface area contributed by atoms with Crippen molar-refractivity contribution in [1.82, 2.24) is 15.5 Å². The molecule has 0 aliphatic carbocycles. The Morgan fingerprint density at radius 3 is 2.31 bits per heavy atom. The van der Waals surface area contributed by atoms with Crippen LogP contribution in [-0.2, 0) is 23.9 Å². The highest BCUT2D eigenvalue weighted by atomic mass is 16.6. The molecular weight excluding hydrogens is 456 g/mol. The highest BCUT2D eigenvalue weighted by molar-refractivity contribution is 5.92. The van der Waals surface area contributed by atoms with Crippen LogP contribution in [0.2, 0.25) is 0 Å². The predicted molar refractivity (Wildman–Crippen MR) is 126 cm³/mol. The van der Waals surface area contributed by atoms with Crippen molar-refractivity contribution >= 4 is 23.9 Å². The summed E-state index contributed by atoms with van der Waals surface area (Å²) in [6.07, 6.45) is -1.01. The first-order chi connectivity index (χ1) is 16.4. The maximum absolute atomic E-state index is 13.3. The monoisotopic (exact) mass is 490 g/mol. The molecule has 3 amide bonds. The summed E-state index contributed by atoms with van der Waals surface area (Å²) in [5.41, 5.74) is 0.470. The Bertz CT molecular complexity index is 919. The Balaban J connectivity index is 3.23. The second-order valence-corrected chi connectivity index (χ2v) is 8.66. The third-order valence-electron chi connectivity index (χ3n) is 4.58. The minimum atomic E-state index is -1.46. The number of carbonyl (C=O) groups is 4. The molecule has 1 rings (SSSR count). The molecule has 35 heavy (non-hydrogen) atoms. The minimum Gasteiger partial charge on any atom is -0.466 e. The van der Waals surface area contributed by atoms with Gasteiger partial charge in [-0.3, -0.25) is 14.4 Å². The summed E-state index contributed by atoms with van der Waals surface area (Å²) in [7, 11) is 0. The lowest BCUT2D eigenvalue weighted by Gasteiger charge is -2.32. The van der Waals surface area contributed by atoms with E-state index in [1.54, 1.807) is 52.0 Å². The summed E-state index contributed by atoms with van der Waals surface area (Å²) in [4.78, 5) is 51.2. The van der Waals surface area contributed by atoms with E-state index in [2.05, 4.69) is 10.6 Å². The van der Waals surface area contributed by atoms with E-state index in [0.29, 0.717) is 5.56 Å². The molecule has 0 bridgehead atoms. The number of nitriles is 1. The number of rotatable bonds is 11. The lowest BCUT2D eigenvalue weighted by atomic mass is 10.0. The molecule has 0 aromatic heterocycles. The molecule has 0 fully saturated rings. The smallest absolute Gasteiger partial charge is 0.408 e. The van der Waals surface area contributed by atoms with E-state index in [9.17, 15) is 29.5 Å². The highest BCUT2D eigenvalue weighted by Crippen LogP contribution is 2.23. The van der Waals surface area contributed by atoms with Gasteiger partial charge in [-0.25, -0.2) is 4.79 Å². The molecule has 0 radical (unpaired) electrons. The van der Waals surface area contributed by atoms with E-state index in [1.165, 1.54) is 0 Å². The SMILES string of the molecule is CCOC(=O)CCNC(=O)C(c1ccc(C)cc1)N(CC#N)C(=O)C(CO)NC(=O)OC(C)(C)C. The van der Waals surface area contributed by atoms with Crippen LogP contribution in [0.25, 0.3) is 0 Å². The standard InChI is InChI=1S/C24H34N4O7/c1-6-34-19(30)11-13-26-21(31)20(17-9-7-16(2)8-10-17)28(14-12-25)22(32)18(15-29)27-23(33)35-24(3,4)5/h7-10,18,20,29H,6,11,13-15H2,1-5H3,(H,26,31)(H,27,33). The molecule has 11 heteroatoms. The first-order valence-corrected chi connectivity index (χ1v) is 11.2. The molecule has 11 nitrogen and oxygen atoms in total. The fraction of sp³-hybridized carbons (Fsp3) is 0.542. The Morgan fingerprint density at radius 2 is 1.80 bits per heavy atom. The summed E-state index contributed by atoms with van der Waals surface area (Å²) in [6, 6.07) is 5.89. The number of aliphatic hydroxyl groups excluding tert-OH is 1. The maximum Gasteiger partial charge on any atom is 0.408 e. The molecule has 0 aliphatic heterocycles. The number of aliphatic hydroxyl groups is 1. The molecule has 0 spiro atoms. The number of nitrogens with one attached hydrogen (secondary N) is 2. The first kappa shape index (κ1) is 29.4. The molecule has 1 aromatic rings. The normalized spacial score (nSPS) is 12.5. The van der Waals surface area contributed by atoms with Gasteiger partial charge in [0.1, 0.15) is 24.2 Å². The van der Waals surface area contributed by atoms with Gasteiger partial charge >= 0.3 is 12.1 Å². The van der Waals surface area contributed by atoms with Gasteiger partial charge in [-0.2, -0.15) is 5.26 Å². The van der Waals surface area contributed by atoms with Gasteiger partial charge < -0.3 is 30.1 Å². The quantitative estimate of drug-likeness (QED) is 0.310. The highest BCUT2D eigenvalue weighted by Gasteiger charge is 2.36. The van der Waals surface area contributed by atoms with E-state index in [1.807, 2.05) is 13.0 Å². The molecule has 2 unspecified atom stereocenters. The summed E-state index contributed by atoms with van der Waals surface area (Å²) >= 11 is 0. The van der Waals surface area contributed by atoms with Gasteiger partial charge in [0.2, 0.25) is 11.8 Å². The summed E-state index contributed by atoms with van der Waals surface area (Å²) in [5.74, 6) is -1.99. The molecule has 0 heterocycles. The van der Waals surface area contributed by atoms with Crippen molar-refractivity contribution in [2.75, 3.05) is 26.3 Å². The number of esters is 1. The van der Waals surface area contributed by atoms with E-state index in [-0.39, 0.29) is 19.6 Å². The van der Waals surface area contributed by atoms with Crippen LogP contribution in [0.5, 0.6) is 0 Å². The van der Waals surface area contributed by atoms with Gasteiger partial charge in [0.25, 0.3) is 0 Å². The first-order valence-electron chi connectivity index (χ1n) is 11.2. The molecule has 0 aliphatic rings. The minimum absolute atomic E-state index is 0.0474. The van der Waals surface area contributed by atoms with Gasteiger partial charge in [0, 0.05) is 6.54 Å². The van der Waals surface area contributed by atoms with Crippen molar-refractivity contribution in [2.24, 2.45) is 0 Å². The Labute approximate surface area is 205 Å². The van der Waals surface area contributed by atoms with Crippen molar-refractivity contribution in [1.29, 1.82) is 5.26 Å². The number of hydrogen-bond acceptors (Lipinski definition) is 8. The van der Waals surface area contributed by atoms with Crippen LogP contribution in [0.4, 0.5) is 4.79 Å². The number of ether oxygens (including phenoxy) is 2. The number of alkyl carbamates (subject to hydrolysis) is 1. The number of amides is 3. The van der Waals surface area contributed by atoms with Gasteiger partial charge in [0.05, 0.1) is 25.7 Å². The van der Waals surface area contributed by atoms with Gasteiger partial charge in [-0.05, 0) is 40.2 Å². The maximum atomic E-state index is 13.3. The van der Waals surface area contributed by atoms with Crippen molar-refractivity contribution in [3.8, 4) is 6.07 Å². The largest absolute Gasteiger partial charge is 0.466 e. The number of benzene rings is 1. The molecular formula is C24H34N4O7. The molecule has 0 saturated heterocycles. The topological polar surface area (TPSA) is 158 Å². The lowest BCUT2D eigenvalue weighted by Crippen LogP contribution is -2.54. The van der Waals surface area contributed by atoms with Crippen LogP contribution in [0, 0.1) is 18.3 Å². The van der Waals surface area contributed by atoms with Crippen molar-refractivity contribution in [3.05, 3.63) is 35.4 Å². The van der Waals surface area contributed by atoms with Crippen LogP contribution in [0.15, 0.2) is 24.3 Å². The van der Waals surface area contributed by atoms with Gasteiger partial charge in [0.15, 0.2) is 0 Å². The third-order valence-corrected chi connectivity index (χ3v) is 4.58. The molecule has 192 valence electrons. The Morgan fingerprint density at radius 1 is 1.17 bits per heavy atom. The fourth-order valence-corrected chi connectivity index (χ4v) is 3.05.